The van der Waals surface area contributed by atoms with Crippen LogP contribution in [0.25, 0.3) is 4.13 Å². The predicted molar refractivity (Wildman–Crippen MR) is 113 cm³/mol. The molecule has 0 amide bonds. The van der Waals surface area contributed by atoms with Gasteiger partial charge in [0.1, 0.15) is 6.17 Å². The van der Waals surface area contributed by atoms with Crippen molar-refractivity contribution in [3.05, 3.63) is 4.13 Å². The Balaban J connectivity index is 0.000000661. The number of nitrogens with zero attached hydrogens (tertiary/aromatic N) is 2. The van der Waals surface area contributed by atoms with E-state index in [9.17, 15) is 43.2 Å². The summed E-state index contributed by atoms with van der Waals surface area (Å²) in [5.41, 5.74) is -12.4. The van der Waals surface area contributed by atoms with Crippen LogP contribution in [0, 0.1) is 0 Å². The number of unbranched alkanes of at least 4 members (excludes halogenated alkanes) is 2. The highest BCUT2D eigenvalue weighted by Crippen LogP contribution is 2.36. The molecule has 18 heteroatoms. The molecule has 0 aromatic carbocycles. The molecule has 0 N–H and O–H groups in total. The molecule has 206 valence electrons. The van der Waals surface area contributed by atoms with Gasteiger partial charge in [-0.15, -0.1) is 0 Å². The first-order valence-electron chi connectivity index (χ1n) is 10.2. The van der Waals surface area contributed by atoms with Crippen LogP contribution in [0.5, 0.6) is 0 Å². The maximum absolute atomic E-state index is 11.4. The van der Waals surface area contributed by atoms with E-state index in [4.69, 9.17) is 13.3 Å². The molecule has 0 atom stereocenters. The predicted octanol–water partition coefficient (Wildman–Crippen LogP) is 3.65. The molecule has 0 bridgehead atoms. The average molecular weight is 571 g/mol. The summed E-state index contributed by atoms with van der Waals surface area (Å²) in [6, 6.07) is 0. The fourth-order valence-electron chi connectivity index (χ4n) is 3.41. The van der Waals surface area contributed by atoms with Crippen LogP contribution in [0.4, 0.5) is 26.3 Å². The van der Waals surface area contributed by atoms with E-state index >= 15 is 0 Å². The molecule has 0 aliphatic carbocycles. The average Bonchev–Trinajstić information content (AvgIpc) is 2.71. The molecule has 1 heterocycles. The Bertz CT molecular complexity index is 762. The van der Waals surface area contributed by atoms with E-state index < -0.39 is 39.9 Å². The molecule has 1 saturated heterocycles. The number of sulfonamides is 2. The van der Waals surface area contributed by atoms with E-state index in [0.717, 1.165) is 14.8 Å². The first-order valence-corrected chi connectivity index (χ1v) is 15.0. The molecule has 1 aliphatic rings. The van der Waals surface area contributed by atoms with E-state index in [1.807, 2.05) is 0 Å². The van der Waals surface area contributed by atoms with Crippen LogP contribution in [-0.2, 0) is 33.3 Å². The lowest BCUT2D eigenvalue weighted by Gasteiger charge is -2.44. The number of hydrogen-bond acceptors (Lipinski definition) is 7. The summed E-state index contributed by atoms with van der Waals surface area (Å²) in [4.78, 5) is 0. The topological polar surface area (TPSA) is 110 Å². The van der Waals surface area contributed by atoms with Crippen molar-refractivity contribution >= 4 is 28.9 Å². The van der Waals surface area contributed by atoms with Gasteiger partial charge in [0, 0.05) is 21.3 Å². The lowest BCUT2D eigenvalue weighted by Crippen LogP contribution is -2.64. The van der Waals surface area contributed by atoms with Gasteiger partial charge >= 0.3 is 19.8 Å². The lowest BCUT2D eigenvalue weighted by atomic mass is 10.1. The fraction of sp³-hybridized carbons (Fsp3) is 1.00. The molecule has 0 radical (unpaired) electrons. The van der Waals surface area contributed by atoms with Crippen molar-refractivity contribution < 1.29 is 60.9 Å². The zero-order valence-corrected chi connectivity index (χ0v) is 22.0. The van der Waals surface area contributed by atoms with Crippen LogP contribution in [0.1, 0.15) is 45.4 Å². The van der Waals surface area contributed by atoms with Crippen LogP contribution in [-0.4, -0.2) is 88.3 Å². The van der Waals surface area contributed by atoms with Crippen molar-refractivity contribution in [2.75, 3.05) is 47.1 Å². The van der Waals surface area contributed by atoms with Crippen molar-refractivity contribution in [3.63, 3.8) is 0 Å². The number of quaternary nitrogens is 1. The van der Waals surface area contributed by atoms with Crippen molar-refractivity contribution in [3.8, 4) is 0 Å². The van der Waals surface area contributed by atoms with Crippen LogP contribution in [0.3, 0.4) is 0 Å². The third-order valence-electron chi connectivity index (χ3n) is 5.24. The van der Waals surface area contributed by atoms with Crippen molar-refractivity contribution in [2.24, 2.45) is 0 Å². The van der Waals surface area contributed by atoms with Crippen molar-refractivity contribution in [1.29, 1.82) is 0 Å². The molecule has 0 saturated carbocycles. The zero-order valence-electron chi connectivity index (χ0n) is 19.4. The number of likely N-dealkylation sites (tertiary alicyclic amines) is 1. The van der Waals surface area contributed by atoms with Gasteiger partial charge in [-0.25, -0.2) is 16.8 Å². The van der Waals surface area contributed by atoms with Gasteiger partial charge in [-0.05, 0) is 32.1 Å². The number of piperidine rings is 1. The van der Waals surface area contributed by atoms with Gasteiger partial charge in [0.2, 0.25) is 0 Å². The minimum Gasteiger partial charge on any atom is -0.421 e. The second kappa shape index (κ2) is 13.2. The van der Waals surface area contributed by atoms with Gasteiger partial charge in [0.25, 0.3) is 0 Å². The molecule has 0 aromatic rings. The van der Waals surface area contributed by atoms with Gasteiger partial charge in [-0.2, -0.15) is 26.3 Å². The summed E-state index contributed by atoms with van der Waals surface area (Å²) in [7, 11) is -10.7. The smallest absolute Gasteiger partial charge is 0.421 e. The van der Waals surface area contributed by atoms with E-state index in [0.29, 0.717) is 0 Å². The number of hydrogen-bond donors (Lipinski definition) is 0. The first kappa shape index (κ1) is 33.5. The molecule has 0 spiro atoms. The van der Waals surface area contributed by atoms with E-state index in [2.05, 4.69) is 6.92 Å². The second-order valence-corrected chi connectivity index (χ2v) is 14.0. The van der Waals surface area contributed by atoms with E-state index in [1.54, 1.807) is 21.3 Å². The second-order valence-electron chi connectivity index (χ2n) is 7.65. The summed E-state index contributed by atoms with van der Waals surface area (Å²) in [5.74, 6) is 0. The third kappa shape index (κ3) is 9.86. The quantitative estimate of drug-likeness (QED) is 0.161. The fourth-order valence-corrected chi connectivity index (χ4v) is 7.30. The van der Waals surface area contributed by atoms with Gasteiger partial charge < -0.3 is 21.9 Å². The molecular weight excluding hydrogens is 538 g/mol. The van der Waals surface area contributed by atoms with Gasteiger partial charge in [0.15, 0.2) is 20.0 Å². The van der Waals surface area contributed by atoms with E-state index in [1.165, 1.54) is 58.2 Å². The lowest BCUT2D eigenvalue weighted by molar-refractivity contribution is -0.925. The molecule has 0 unspecified atom stereocenters. The highest BCUT2D eigenvalue weighted by Gasteiger charge is 2.49. The number of alkyl halides is 6. The highest BCUT2D eigenvalue weighted by atomic mass is 32.3. The van der Waals surface area contributed by atoms with Gasteiger partial charge in [0.05, 0.1) is 19.6 Å². The number of rotatable bonds is 11. The largest absolute Gasteiger partial charge is 0.558 e. The van der Waals surface area contributed by atoms with Crippen LogP contribution < -0.4 is 0 Å². The van der Waals surface area contributed by atoms with Gasteiger partial charge in [-0.3, -0.25) is 0 Å². The zero-order chi connectivity index (χ0) is 26.9. The summed E-state index contributed by atoms with van der Waals surface area (Å²) in [6.07, 6.45) is 8.86. The summed E-state index contributed by atoms with van der Waals surface area (Å²) >= 11 is 0. The summed E-state index contributed by atoms with van der Waals surface area (Å²) in [6.45, 7) is 6.03. The molecule has 9 nitrogen and oxygen atoms in total. The Hall–Kier alpha value is -0.503. The first-order chi connectivity index (χ1) is 15.4. The summed E-state index contributed by atoms with van der Waals surface area (Å²) in [5, 5.41) is 0. The Kier molecular flexibility index (Phi) is 13.0. The van der Waals surface area contributed by atoms with Crippen LogP contribution in [0.15, 0.2) is 0 Å². The third-order valence-corrected chi connectivity index (χ3v) is 10.9. The molecule has 0 aromatic heterocycles. The van der Waals surface area contributed by atoms with Crippen LogP contribution >= 0.6 is 0 Å². The summed E-state index contributed by atoms with van der Waals surface area (Å²) < 4.78 is 127. The minimum absolute atomic E-state index is 0.778. The van der Waals surface area contributed by atoms with Crippen molar-refractivity contribution in [2.45, 2.75) is 56.5 Å². The Morgan fingerprint density at radius 2 is 1.21 bits per heavy atom. The molecule has 34 heavy (non-hydrogen) atoms. The van der Waals surface area contributed by atoms with E-state index in [-0.39, 0.29) is 0 Å². The van der Waals surface area contributed by atoms with Crippen LogP contribution in [0.2, 0.25) is 0 Å². The number of halogens is 6. The van der Waals surface area contributed by atoms with Crippen molar-refractivity contribution in [1.82, 2.24) is 0 Å². The maximum Gasteiger partial charge on any atom is 0.558 e. The molecule has 1 aliphatic heterocycles. The molecule has 1 rings (SSSR count). The Morgan fingerprint density at radius 1 is 0.794 bits per heavy atom. The highest BCUT2D eigenvalue weighted by molar-refractivity contribution is 8.13. The standard InChI is InChI=1S/C14H32NO3Si.C2F6NO4S2/c1-5-6-8-11-15(12-9-7-10-13-15)14-19(16-2,17-3)18-4;3-1(4,5)14(10,11)9-15(12,13)2(6,7)8/h5-14H2,1-4H3;/q+1;-1. The SMILES string of the molecule is CCCCC[N+]1(C[Si](OC)(OC)OC)CCCCC1.O=S(=O)([N-]S(=O)(=O)C(F)(F)F)C(F)(F)F. The molecular formula is C16H32F6N2O7S2Si. The normalized spacial score (nSPS) is 17.7. The monoisotopic (exact) mass is 570 g/mol. The minimum atomic E-state index is -6.72. The molecule has 1 fully saturated rings. The maximum atomic E-state index is 11.4. The van der Waals surface area contributed by atoms with Gasteiger partial charge in [-0.1, -0.05) is 13.3 Å². The Labute approximate surface area is 197 Å². The Morgan fingerprint density at radius 3 is 1.53 bits per heavy atom.